The molecule has 1 rings (SSSR count). The van der Waals surface area contributed by atoms with Crippen molar-refractivity contribution in [2.75, 3.05) is 0 Å². The van der Waals surface area contributed by atoms with E-state index in [1.807, 2.05) is 0 Å². The highest BCUT2D eigenvalue weighted by atomic mass is 79.9. The Kier molecular flexibility index (Phi) is 4.23. The highest BCUT2D eigenvalue weighted by Crippen LogP contribution is 2.25. The molecular weight excluding hydrogens is 286 g/mol. The Balaban J connectivity index is 3.01. The topological polar surface area (TPSA) is 46.5 Å². The molecule has 0 fully saturated rings. The van der Waals surface area contributed by atoms with Gasteiger partial charge >= 0.3 is 5.97 Å². The first kappa shape index (κ1) is 12.9. The van der Waals surface area contributed by atoms with Crippen LogP contribution in [0.2, 0.25) is 0 Å². The molecule has 1 aromatic rings. The fraction of sp³-hybridized carbons (Fsp3) is 0.300. The van der Waals surface area contributed by atoms with Gasteiger partial charge in [0.25, 0.3) is 6.43 Å². The van der Waals surface area contributed by atoms with Crippen molar-refractivity contribution in [3.05, 3.63) is 28.2 Å². The lowest BCUT2D eigenvalue weighted by atomic mass is 10.2. The number of ether oxygens (including phenoxy) is 1. The smallest absolute Gasteiger partial charge is 0.339 e. The summed E-state index contributed by atoms with van der Waals surface area (Å²) in [6.07, 6.45) is -4.02. The lowest BCUT2D eigenvalue weighted by molar-refractivity contribution is 0.0214. The molecule has 0 saturated heterocycles. The van der Waals surface area contributed by atoms with Crippen LogP contribution in [0, 0.1) is 0 Å². The number of carboxylic acids is 1. The van der Waals surface area contributed by atoms with Gasteiger partial charge in [-0.15, -0.1) is 0 Å². The van der Waals surface area contributed by atoms with Crippen molar-refractivity contribution in [2.24, 2.45) is 0 Å². The first-order valence-corrected chi connectivity index (χ1v) is 5.18. The van der Waals surface area contributed by atoms with E-state index in [2.05, 4.69) is 15.9 Å². The molecule has 1 unspecified atom stereocenters. The summed E-state index contributed by atoms with van der Waals surface area (Å²) in [5.74, 6) is -1.29. The van der Waals surface area contributed by atoms with E-state index in [0.717, 1.165) is 0 Å². The predicted octanol–water partition coefficient (Wildman–Crippen LogP) is 3.18. The molecule has 0 saturated carbocycles. The molecule has 3 nitrogen and oxygen atoms in total. The first-order chi connectivity index (χ1) is 7.41. The summed E-state index contributed by atoms with van der Waals surface area (Å²) in [5, 5.41) is 8.83. The van der Waals surface area contributed by atoms with E-state index < -0.39 is 18.5 Å². The van der Waals surface area contributed by atoms with Crippen molar-refractivity contribution in [3.8, 4) is 5.75 Å². The molecule has 1 aromatic carbocycles. The Bertz CT molecular complexity index is 396. The lowest BCUT2D eigenvalue weighted by Crippen LogP contribution is -2.22. The van der Waals surface area contributed by atoms with Crippen molar-refractivity contribution in [3.63, 3.8) is 0 Å². The zero-order chi connectivity index (χ0) is 12.3. The van der Waals surface area contributed by atoms with E-state index in [1.54, 1.807) is 0 Å². The molecule has 0 aliphatic carbocycles. The predicted molar refractivity (Wildman–Crippen MR) is 57.2 cm³/mol. The largest absolute Gasteiger partial charge is 0.484 e. The average molecular weight is 295 g/mol. The number of benzene rings is 1. The van der Waals surface area contributed by atoms with Gasteiger partial charge in [0.05, 0.1) is 0 Å². The Labute approximate surface area is 99.2 Å². The number of rotatable bonds is 4. The molecule has 0 heterocycles. The van der Waals surface area contributed by atoms with Crippen LogP contribution in [0.4, 0.5) is 8.78 Å². The third-order valence-electron chi connectivity index (χ3n) is 1.84. The van der Waals surface area contributed by atoms with Crippen LogP contribution < -0.4 is 4.74 Å². The van der Waals surface area contributed by atoms with Crippen LogP contribution in [0.25, 0.3) is 0 Å². The fourth-order valence-electron chi connectivity index (χ4n) is 1.02. The van der Waals surface area contributed by atoms with Crippen molar-refractivity contribution in [2.45, 2.75) is 19.5 Å². The normalized spacial score (nSPS) is 12.6. The van der Waals surface area contributed by atoms with E-state index in [-0.39, 0.29) is 11.3 Å². The number of carboxylic acid groups (broad SMARTS) is 1. The number of hydrogen-bond donors (Lipinski definition) is 1. The van der Waals surface area contributed by atoms with Crippen LogP contribution in [0.15, 0.2) is 22.7 Å². The van der Waals surface area contributed by atoms with E-state index >= 15 is 0 Å². The van der Waals surface area contributed by atoms with Gasteiger partial charge in [0.1, 0.15) is 11.3 Å². The molecule has 1 N–H and O–H groups in total. The Hall–Kier alpha value is -1.17. The Morgan fingerprint density at radius 3 is 2.62 bits per heavy atom. The van der Waals surface area contributed by atoms with Gasteiger partial charge in [-0.25, -0.2) is 13.6 Å². The maximum absolute atomic E-state index is 12.3. The molecule has 0 aliphatic rings. The molecule has 16 heavy (non-hydrogen) atoms. The van der Waals surface area contributed by atoms with Crippen LogP contribution in [-0.4, -0.2) is 23.6 Å². The van der Waals surface area contributed by atoms with E-state index in [1.165, 1.54) is 25.1 Å². The number of hydrogen-bond acceptors (Lipinski definition) is 2. The third-order valence-corrected chi connectivity index (χ3v) is 2.34. The second kappa shape index (κ2) is 5.25. The zero-order valence-electron chi connectivity index (χ0n) is 8.28. The Morgan fingerprint density at radius 2 is 2.12 bits per heavy atom. The fourth-order valence-corrected chi connectivity index (χ4v) is 1.36. The molecule has 0 amide bonds. The second-order valence-corrected chi connectivity index (χ2v) is 4.02. The minimum atomic E-state index is -2.67. The van der Waals surface area contributed by atoms with E-state index in [0.29, 0.717) is 4.47 Å². The number of carbonyl (C=O) groups is 1. The molecule has 6 heteroatoms. The van der Waals surface area contributed by atoms with Crippen LogP contribution in [0.1, 0.15) is 17.3 Å². The third kappa shape index (κ3) is 3.16. The van der Waals surface area contributed by atoms with Crippen molar-refractivity contribution in [1.82, 2.24) is 0 Å². The van der Waals surface area contributed by atoms with Gasteiger partial charge in [0, 0.05) is 4.47 Å². The van der Waals surface area contributed by atoms with Gasteiger partial charge in [0.15, 0.2) is 6.10 Å². The molecule has 1 atom stereocenters. The van der Waals surface area contributed by atoms with Crippen LogP contribution >= 0.6 is 15.9 Å². The Morgan fingerprint density at radius 1 is 1.50 bits per heavy atom. The van der Waals surface area contributed by atoms with E-state index in [9.17, 15) is 13.6 Å². The maximum Gasteiger partial charge on any atom is 0.339 e. The van der Waals surface area contributed by atoms with Gasteiger partial charge in [-0.05, 0) is 25.1 Å². The van der Waals surface area contributed by atoms with Gasteiger partial charge in [-0.3, -0.25) is 0 Å². The molecule has 0 aliphatic heterocycles. The van der Waals surface area contributed by atoms with Crippen LogP contribution in [-0.2, 0) is 0 Å². The highest BCUT2D eigenvalue weighted by Gasteiger charge is 2.20. The van der Waals surface area contributed by atoms with E-state index in [4.69, 9.17) is 9.84 Å². The van der Waals surface area contributed by atoms with Crippen molar-refractivity contribution < 1.29 is 23.4 Å². The lowest BCUT2D eigenvalue weighted by Gasteiger charge is -2.15. The molecule has 0 aromatic heterocycles. The van der Waals surface area contributed by atoms with Gasteiger partial charge < -0.3 is 9.84 Å². The average Bonchev–Trinajstić information content (AvgIpc) is 2.16. The van der Waals surface area contributed by atoms with Crippen LogP contribution in [0.3, 0.4) is 0 Å². The molecule has 0 bridgehead atoms. The zero-order valence-corrected chi connectivity index (χ0v) is 9.87. The first-order valence-electron chi connectivity index (χ1n) is 4.39. The quantitative estimate of drug-likeness (QED) is 0.928. The highest BCUT2D eigenvalue weighted by molar-refractivity contribution is 9.10. The summed E-state index contributed by atoms with van der Waals surface area (Å²) in [4.78, 5) is 10.8. The van der Waals surface area contributed by atoms with Crippen molar-refractivity contribution >= 4 is 21.9 Å². The number of alkyl halides is 2. The van der Waals surface area contributed by atoms with Gasteiger partial charge in [0.2, 0.25) is 0 Å². The minimum absolute atomic E-state index is 0.0744. The summed E-state index contributed by atoms with van der Waals surface area (Å²) in [5.41, 5.74) is -0.143. The van der Waals surface area contributed by atoms with Crippen molar-refractivity contribution in [1.29, 1.82) is 0 Å². The standard InChI is InChI=1S/C10H9BrF2O3/c1-5(9(12)13)16-8-4-6(11)2-3-7(8)10(14)15/h2-5,9H,1H3,(H,14,15). The summed E-state index contributed by atoms with van der Waals surface area (Å²) >= 11 is 3.11. The van der Waals surface area contributed by atoms with Crippen LogP contribution in [0.5, 0.6) is 5.75 Å². The molecule has 0 radical (unpaired) electrons. The number of aromatic carboxylic acids is 1. The second-order valence-electron chi connectivity index (χ2n) is 3.10. The molecule has 88 valence electrons. The monoisotopic (exact) mass is 294 g/mol. The SMILES string of the molecule is CC(Oc1cc(Br)ccc1C(=O)O)C(F)F. The maximum atomic E-state index is 12.3. The summed E-state index contributed by atoms with van der Waals surface area (Å²) < 4.78 is 30.0. The molecular formula is C10H9BrF2O3. The minimum Gasteiger partial charge on any atom is -0.484 e. The summed E-state index contributed by atoms with van der Waals surface area (Å²) in [7, 11) is 0. The molecule has 0 spiro atoms. The summed E-state index contributed by atoms with van der Waals surface area (Å²) in [6.45, 7) is 1.18. The van der Waals surface area contributed by atoms with Gasteiger partial charge in [-0.2, -0.15) is 0 Å². The summed E-state index contributed by atoms with van der Waals surface area (Å²) in [6, 6.07) is 4.14. The number of halogens is 3. The van der Waals surface area contributed by atoms with Gasteiger partial charge in [-0.1, -0.05) is 15.9 Å².